The molecule has 2 rings (SSSR count). The minimum absolute atomic E-state index is 0.0131. The molecule has 0 spiro atoms. The van der Waals surface area contributed by atoms with Crippen LogP contribution in [0.2, 0.25) is 5.02 Å². The molecule has 1 aliphatic rings. The predicted molar refractivity (Wildman–Crippen MR) is 47.4 cm³/mol. The molecule has 1 aromatic carbocycles. The fourth-order valence-electron chi connectivity index (χ4n) is 1.54. The van der Waals surface area contributed by atoms with Crippen molar-refractivity contribution in [3.05, 3.63) is 33.8 Å². The predicted octanol–water partition coefficient (Wildman–Crippen LogP) is 1.89. The van der Waals surface area contributed by atoms with Gasteiger partial charge in [0, 0.05) is 17.1 Å². The SMILES string of the molecule is Cc1cc(Cl)cc2c1C(=O)NC2. The van der Waals surface area contributed by atoms with Crippen LogP contribution in [-0.2, 0) is 6.54 Å². The Bertz CT molecular complexity index is 360. The van der Waals surface area contributed by atoms with Crippen molar-refractivity contribution in [2.75, 3.05) is 0 Å². The molecular weight excluding hydrogens is 174 g/mol. The fourth-order valence-corrected chi connectivity index (χ4v) is 1.84. The molecule has 0 saturated carbocycles. The van der Waals surface area contributed by atoms with Crippen molar-refractivity contribution in [3.8, 4) is 0 Å². The van der Waals surface area contributed by atoms with E-state index in [4.69, 9.17) is 11.6 Å². The lowest BCUT2D eigenvalue weighted by Crippen LogP contribution is -2.13. The minimum atomic E-state index is 0.0131. The van der Waals surface area contributed by atoms with Crippen molar-refractivity contribution < 1.29 is 4.79 Å². The summed E-state index contributed by atoms with van der Waals surface area (Å²) in [7, 11) is 0. The van der Waals surface area contributed by atoms with Gasteiger partial charge in [-0.3, -0.25) is 4.79 Å². The van der Waals surface area contributed by atoms with Gasteiger partial charge in [0.1, 0.15) is 0 Å². The second kappa shape index (κ2) is 2.49. The molecule has 0 bridgehead atoms. The second-order valence-electron chi connectivity index (χ2n) is 2.94. The lowest BCUT2D eigenvalue weighted by Gasteiger charge is -2.00. The van der Waals surface area contributed by atoms with Crippen LogP contribution in [0.25, 0.3) is 0 Å². The van der Waals surface area contributed by atoms with Crippen molar-refractivity contribution in [2.24, 2.45) is 0 Å². The lowest BCUT2D eigenvalue weighted by molar-refractivity contribution is 0.0965. The number of amides is 1. The molecule has 0 atom stereocenters. The maximum absolute atomic E-state index is 11.2. The highest BCUT2D eigenvalue weighted by Gasteiger charge is 2.20. The third kappa shape index (κ3) is 0.994. The number of nitrogens with one attached hydrogen (secondary N) is 1. The number of aryl methyl sites for hydroxylation is 1. The number of carbonyl (C=O) groups excluding carboxylic acids is 1. The fraction of sp³-hybridized carbons (Fsp3) is 0.222. The first-order valence-electron chi connectivity index (χ1n) is 3.75. The Morgan fingerprint density at radius 3 is 3.00 bits per heavy atom. The zero-order chi connectivity index (χ0) is 8.72. The summed E-state index contributed by atoms with van der Waals surface area (Å²) in [6, 6.07) is 3.65. The summed E-state index contributed by atoms with van der Waals surface area (Å²) < 4.78 is 0. The third-order valence-corrected chi connectivity index (χ3v) is 2.27. The highest BCUT2D eigenvalue weighted by atomic mass is 35.5. The van der Waals surface area contributed by atoms with Crippen LogP contribution in [0.4, 0.5) is 0 Å². The molecule has 1 heterocycles. The summed E-state index contributed by atoms with van der Waals surface area (Å²) in [5.41, 5.74) is 2.75. The Kier molecular flexibility index (Phi) is 1.58. The zero-order valence-electron chi connectivity index (χ0n) is 6.65. The first-order chi connectivity index (χ1) is 5.68. The summed E-state index contributed by atoms with van der Waals surface area (Å²) in [4.78, 5) is 11.2. The van der Waals surface area contributed by atoms with Gasteiger partial charge in [-0.25, -0.2) is 0 Å². The van der Waals surface area contributed by atoms with E-state index < -0.39 is 0 Å². The maximum atomic E-state index is 11.2. The van der Waals surface area contributed by atoms with Gasteiger partial charge < -0.3 is 5.32 Å². The van der Waals surface area contributed by atoms with E-state index >= 15 is 0 Å². The molecule has 0 saturated heterocycles. The Morgan fingerprint density at radius 1 is 1.50 bits per heavy atom. The molecule has 0 aliphatic carbocycles. The van der Waals surface area contributed by atoms with E-state index in [0.29, 0.717) is 11.6 Å². The molecule has 3 heteroatoms. The number of benzene rings is 1. The van der Waals surface area contributed by atoms with Gasteiger partial charge in [-0.2, -0.15) is 0 Å². The molecule has 12 heavy (non-hydrogen) atoms. The normalized spacial score (nSPS) is 14.3. The van der Waals surface area contributed by atoms with Crippen molar-refractivity contribution in [3.63, 3.8) is 0 Å². The van der Waals surface area contributed by atoms with E-state index in [1.165, 1.54) is 0 Å². The number of halogens is 1. The number of fused-ring (bicyclic) bond motifs is 1. The highest BCUT2D eigenvalue weighted by molar-refractivity contribution is 6.31. The number of hydrogen-bond donors (Lipinski definition) is 1. The molecule has 1 aromatic rings. The van der Waals surface area contributed by atoms with Gasteiger partial charge in [-0.1, -0.05) is 11.6 Å². The van der Waals surface area contributed by atoms with Crippen LogP contribution in [-0.4, -0.2) is 5.91 Å². The van der Waals surface area contributed by atoms with Gasteiger partial charge in [0.25, 0.3) is 5.91 Å². The smallest absolute Gasteiger partial charge is 0.252 e. The van der Waals surface area contributed by atoms with Crippen LogP contribution >= 0.6 is 11.6 Å². The van der Waals surface area contributed by atoms with Gasteiger partial charge in [0.15, 0.2) is 0 Å². The first kappa shape index (κ1) is 7.62. The Hall–Kier alpha value is -1.02. The Balaban J connectivity index is 2.68. The number of hydrogen-bond acceptors (Lipinski definition) is 1. The van der Waals surface area contributed by atoms with E-state index in [-0.39, 0.29) is 5.91 Å². The summed E-state index contributed by atoms with van der Waals surface area (Å²) in [5, 5.41) is 3.45. The summed E-state index contributed by atoms with van der Waals surface area (Å²) >= 11 is 5.84. The third-order valence-electron chi connectivity index (χ3n) is 2.05. The maximum Gasteiger partial charge on any atom is 0.252 e. The first-order valence-corrected chi connectivity index (χ1v) is 4.13. The van der Waals surface area contributed by atoms with Crippen LogP contribution in [0.15, 0.2) is 12.1 Å². The van der Waals surface area contributed by atoms with Crippen molar-refractivity contribution >= 4 is 17.5 Å². The number of rotatable bonds is 0. The molecule has 0 radical (unpaired) electrons. The van der Waals surface area contributed by atoms with Gasteiger partial charge in [-0.05, 0) is 30.2 Å². The van der Waals surface area contributed by atoms with Crippen LogP contribution in [0, 0.1) is 6.92 Å². The van der Waals surface area contributed by atoms with Crippen molar-refractivity contribution in [2.45, 2.75) is 13.5 Å². The van der Waals surface area contributed by atoms with Crippen LogP contribution < -0.4 is 5.32 Å². The van der Waals surface area contributed by atoms with E-state index in [0.717, 1.165) is 16.7 Å². The topological polar surface area (TPSA) is 29.1 Å². The molecule has 1 aliphatic heterocycles. The summed E-state index contributed by atoms with van der Waals surface area (Å²) in [6.45, 7) is 2.51. The average molecular weight is 182 g/mol. The van der Waals surface area contributed by atoms with E-state index in [1.807, 2.05) is 19.1 Å². The van der Waals surface area contributed by atoms with Crippen LogP contribution in [0.5, 0.6) is 0 Å². The standard InChI is InChI=1S/C9H8ClNO/c1-5-2-7(10)3-6-4-11-9(12)8(5)6/h2-3H,4H2,1H3,(H,11,12). The molecule has 0 unspecified atom stereocenters. The zero-order valence-corrected chi connectivity index (χ0v) is 7.40. The van der Waals surface area contributed by atoms with Gasteiger partial charge in [-0.15, -0.1) is 0 Å². The van der Waals surface area contributed by atoms with Crippen molar-refractivity contribution in [1.82, 2.24) is 5.32 Å². The molecule has 0 fully saturated rings. The van der Waals surface area contributed by atoms with E-state index in [2.05, 4.69) is 5.32 Å². The monoisotopic (exact) mass is 181 g/mol. The Labute approximate surface area is 75.5 Å². The molecule has 1 N–H and O–H groups in total. The van der Waals surface area contributed by atoms with E-state index in [1.54, 1.807) is 0 Å². The summed E-state index contributed by atoms with van der Waals surface area (Å²) in [5.74, 6) is 0.0131. The molecule has 0 aromatic heterocycles. The van der Waals surface area contributed by atoms with Gasteiger partial charge in [0.05, 0.1) is 0 Å². The van der Waals surface area contributed by atoms with Gasteiger partial charge >= 0.3 is 0 Å². The summed E-state index contributed by atoms with van der Waals surface area (Å²) in [6.07, 6.45) is 0. The van der Waals surface area contributed by atoms with Crippen LogP contribution in [0.1, 0.15) is 21.5 Å². The minimum Gasteiger partial charge on any atom is -0.348 e. The Morgan fingerprint density at radius 2 is 2.25 bits per heavy atom. The molecule has 62 valence electrons. The number of carbonyl (C=O) groups is 1. The lowest BCUT2D eigenvalue weighted by atomic mass is 10.0. The van der Waals surface area contributed by atoms with Crippen molar-refractivity contribution in [1.29, 1.82) is 0 Å². The quantitative estimate of drug-likeness (QED) is 0.651. The molecule has 2 nitrogen and oxygen atoms in total. The largest absolute Gasteiger partial charge is 0.348 e. The highest BCUT2D eigenvalue weighted by Crippen LogP contribution is 2.23. The molecular formula is C9H8ClNO. The average Bonchev–Trinajstić information content (AvgIpc) is 2.31. The van der Waals surface area contributed by atoms with E-state index in [9.17, 15) is 4.79 Å². The molecule has 1 amide bonds. The van der Waals surface area contributed by atoms with Crippen LogP contribution in [0.3, 0.4) is 0 Å². The van der Waals surface area contributed by atoms with Gasteiger partial charge in [0.2, 0.25) is 0 Å². The second-order valence-corrected chi connectivity index (χ2v) is 3.38.